The van der Waals surface area contributed by atoms with Gasteiger partial charge in [-0.1, -0.05) is 35.9 Å². The number of carbonyl (C=O) groups is 1. The van der Waals surface area contributed by atoms with Crippen LogP contribution in [0.15, 0.2) is 73.1 Å². The average Bonchev–Trinajstić information content (AvgIpc) is 2.86. The molecule has 1 aliphatic rings. The summed E-state index contributed by atoms with van der Waals surface area (Å²) in [6.07, 6.45) is 5.10. The summed E-state index contributed by atoms with van der Waals surface area (Å²) in [5.41, 5.74) is 1.78. The second kappa shape index (κ2) is 11.1. The molecule has 1 fully saturated rings. The number of nitrogens with zero attached hydrogens (tertiary/aromatic N) is 3. The summed E-state index contributed by atoms with van der Waals surface area (Å²) >= 11 is 6.15. The molecule has 32 heavy (non-hydrogen) atoms. The largest absolute Gasteiger partial charge is 0.476 e. The third-order valence-electron chi connectivity index (χ3n) is 5.66. The van der Waals surface area contributed by atoms with Gasteiger partial charge < -0.3 is 15.0 Å². The Kier molecular flexibility index (Phi) is 7.69. The number of piperidine rings is 1. The van der Waals surface area contributed by atoms with Crippen molar-refractivity contribution in [1.82, 2.24) is 20.2 Å². The lowest BCUT2D eigenvalue weighted by atomic mass is 9.93. The van der Waals surface area contributed by atoms with Crippen LogP contribution in [-0.2, 0) is 4.79 Å². The zero-order valence-corrected chi connectivity index (χ0v) is 18.6. The number of carbonyl (C=O) groups excluding carboxylic acids is 1. The fourth-order valence-corrected chi connectivity index (χ4v) is 4.17. The summed E-state index contributed by atoms with van der Waals surface area (Å²) < 4.78 is 5.86. The molecule has 3 heterocycles. The zero-order valence-electron chi connectivity index (χ0n) is 17.9. The molecule has 1 amide bonds. The topological polar surface area (TPSA) is 67.4 Å². The lowest BCUT2D eigenvalue weighted by molar-refractivity contribution is -0.138. The maximum absolute atomic E-state index is 13.8. The molecule has 1 aliphatic heterocycles. The fraction of sp³-hybridized carbons (Fsp3) is 0.320. The van der Waals surface area contributed by atoms with Crippen LogP contribution in [0.4, 0.5) is 0 Å². The van der Waals surface area contributed by atoms with Gasteiger partial charge in [0.2, 0.25) is 11.8 Å². The number of hydrogen-bond donors (Lipinski definition) is 1. The highest BCUT2D eigenvalue weighted by molar-refractivity contribution is 6.30. The first-order valence-electron chi connectivity index (χ1n) is 10.9. The van der Waals surface area contributed by atoms with E-state index in [1.807, 2.05) is 65.6 Å². The number of pyridine rings is 2. The summed E-state index contributed by atoms with van der Waals surface area (Å²) in [6.45, 7) is 2.46. The van der Waals surface area contributed by atoms with Crippen molar-refractivity contribution in [3.8, 4) is 5.88 Å². The van der Waals surface area contributed by atoms with E-state index < -0.39 is 0 Å². The smallest absolute Gasteiger partial charge is 0.226 e. The molecule has 4 rings (SSSR count). The van der Waals surface area contributed by atoms with Gasteiger partial charge in [0.1, 0.15) is 6.61 Å². The molecule has 1 aromatic carbocycles. The standard InChI is InChI=1S/C25H27ClN4O2/c26-21-9-7-19(8-10-21)24(22-5-1-3-13-28-22)30(25(31)20-11-15-27-16-12-20)17-18-32-23-6-2-4-14-29-23/h1-10,13-14,20,24,27H,11-12,15-18H2. The van der Waals surface area contributed by atoms with Crippen molar-refractivity contribution < 1.29 is 9.53 Å². The third kappa shape index (κ3) is 5.64. The molecular formula is C25H27ClN4O2. The van der Waals surface area contributed by atoms with Crippen LogP contribution >= 0.6 is 11.6 Å². The number of amides is 1. The highest BCUT2D eigenvalue weighted by Crippen LogP contribution is 2.31. The van der Waals surface area contributed by atoms with Crippen LogP contribution in [0.2, 0.25) is 5.02 Å². The Morgan fingerprint density at radius 2 is 1.75 bits per heavy atom. The van der Waals surface area contributed by atoms with Gasteiger partial charge in [-0.15, -0.1) is 0 Å². The van der Waals surface area contributed by atoms with Gasteiger partial charge in [0.05, 0.1) is 18.3 Å². The Bertz CT molecular complexity index is 980. The summed E-state index contributed by atoms with van der Waals surface area (Å²) in [6, 6.07) is 18.6. The van der Waals surface area contributed by atoms with Crippen LogP contribution in [-0.4, -0.2) is 47.0 Å². The zero-order chi connectivity index (χ0) is 22.2. The number of aromatic nitrogens is 2. The Balaban J connectivity index is 1.64. The normalized spacial score (nSPS) is 15.2. The van der Waals surface area contributed by atoms with Gasteiger partial charge in [-0.2, -0.15) is 0 Å². The molecule has 1 unspecified atom stereocenters. The van der Waals surface area contributed by atoms with E-state index in [1.54, 1.807) is 12.4 Å². The van der Waals surface area contributed by atoms with E-state index in [0.717, 1.165) is 37.2 Å². The number of halogens is 1. The predicted molar refractivity (Wildman–Crippen MR) is 125 cm³/mol. The van der Waals surface area contributed by atoms with Gasteiger partial charge in [0.25, 0.3) is 0 Å². The molecule has 1 N–H and O–H groups in total. The van der Waals surface area contributed by atoms with Crippen LogP contribution in [0, 0.1) is 5.92 Å². The quantitative estimate of drug-likeness (QED) is 0.559. The van der Waals surface area contributed by atoms with Crippen LogP contribution in [0.1, 0.15) is 30.1 Å². The number of nitrogens with one attached hydrogen (secondary N) is 1. The predicted octanol–water partition coefficient (Wildman–Crippen LogP) is 4.13. The van der Waals surface area contributed by atoms with Gasteiger partial charge in [0.15, 0.2) is 0 Å². The first-order valence-corrected chi connectivity index (χ1v) is 11.3. The molecule has 2 aromatic heterocycles. The molecule has 0 bridgehead atoms. The summed E-state index contributed by atoms with van der Waals surface area (Å²) in [5.74, 6) is 0.647. The maximum atomic E-state index is 13.8. The fourth-order valence-electron chi connectivity index (χ4n) is 4.04. The van der Waals surface area contributed by atoms with Crippen molar-refractivity contribution in [3.05, 3.63) is 89.3 Å². The average molecular weight is 451 g/mol. The Labute approximate surface area is 193 Å². The monoisotopic (exact) mass is 450 g/mol. The van der Waals surface area contributed by atoms with E-state index in [1.165, 1.54) is 0 Å². The van der Waals surface area contributed by atoms with E-state index in [-0.39, 0.29) is 17.9 Å². The van der Waals surface area contributed by atoms with Gasteiger partial charge in [0, 0.05) is 29.4 Å². The van der Waals surface area contributed by atoms with E-state index in [9.17, 15) is 4.79 Å². The minimum absolute atomic E-state index is 0.0235. The molecular weight excluding hydrogens is 424 g/mol. The molecule has 0 aliphatic carbocycles. The maximum Gasteiger partial charge on any atom is 0.226 e. The first-order chi connectivity index (χ1) is 15.7. The summed E-state index contributed by atoms with van der Waals surface area (Å²) in [7, 11) is 0. The number of benzene rings is 1. The van der Waals surface area contributed by atoms with Gasteiger partial charge in [-0.25, -0.2) is 4.98 Å². The van der Waals surface area contributed by atoms with Gasteiger partial charge in [-0.3, -0.25) is 9.78 Å². The number of ether oxygens (including phenoxy) is 1. The molecule has 166 valence electrons. The molecule has 1 saturated heterocycles. The SMILES string of the molecule is O=C(C1CCNCC1)N(CCOc1ccccn1)C(c1ccc(Cl)cc1)c1ccccn1. The van der Waals surface area contributed by atoms with Crippen molar-refractivity contribution in [2.24, 2.45) is 5.92 Å². The lowest BCUT2D eigenvalue weighted by Gasteiger charge is -2.35. The second-order valence-electron chi connectivity index (χ2n) is 7.78. The van der Waals surface area contributed by atoms with Crippen molar-refractivity contribution >= 4 is 17.5 Å². The minimum Gasteiger partial charge on any atom is -0.476 e. The van der Waals surface area contributed by atoms with Crippen molar-refractivity contribution in [1.29, 1.82) is 0 Å². The van der Waals surface area contributed by atoms with Crippen molar-refractivity contribution in [2.75, 3.05) is 26.2 Å². The van der Waals surface area contributed by atoms with Crippen LogP contribution in [0.5, 0.6) is 5.88 Å². The molecule has 1 atom stereocenters. The lowest BCUT2D eigenvalue weighted by Crippen LogP contribution is -2.45. The second-order valence-corrected chi connectivity index (χ2v) is 8.22. The Hall–Kier alpha value is -2.96. The Morgan fingerprint density at radius 1 is 1.03 bits per heavy atom. The third-order valence-corrected chi connectivity index (χ3v) is 5.91. The van der Waals surface area contributed by atoms with Gasteiger partial charge >= 0.3 is 0 Å². The highest BCUT2D eigenvalue weighted by Gasteiger charge is 2.33. The highest BCUT2D eigenvalue weighted by atomic mass is 35.5. The molecule has 0 radical (unpaired) electrons. The molecule has 3 aromatic rings. The van der Waals surface area contributed by atoms with Crippen molar-refractivity contribution in [3.63, 3.8) is 0 Å². The van der Waals surface area contributed by atoms with E-state index in [4.69, 9.17) is 16.3 Å². The van der Waals surface area contributed by atoms with Crippen LogP contribution < -0.4 is 10.1 Å². The molecule has 0 spiro atoms. The first kappa shape index (κ1) is 22.2. The number of rotatable bonds is 8. The molecule has 7 heteroatoms. The summed E-state index contributed by atoms with van der Waals surface area (Å²) in [5, 5.41) is 4.00. The van der Waals surface area contributed by atoms with Gasteiger partial charge in [-0.05, 0) is 61.8 Å². The molecule has 6 nitrogen and oxygen atoms in total. The van der Waals surface area contributed by atoms with Crippen LogP contribution in [0.25, 0.3) is 0 Å². The summed E-state index contributed by atoms with van der Waals surface area (Å²) in [4.78, 5) is 24.5. The Morgan fingerprint density at radius 3 is 2.41 bits per heavy atom. The minimum atomic E-state index is -0.330. The van der Waals surface area contributed by atoms with E-state index in [2.05, 4.69) is 15.3 Å². The van der Waals surface area contributed by atoms with E-state index in [0.29, 0.717) is 24.1 Å². The van der Waals surface area contributed by atoms with E-state index >= 15 is 0 Å². The van der Waals surface area contributed by atoms with Crippen molar-refractivity contribution in [2.45, 2.75) is 18.9 Å². The number of hydrogen-bond acceptors (Lipinski definition) is 5. The molecule has 0 saturated carbocycles. The van der Waals surface area contributed by atoms with Crippen LogP contribution in [0.3, 0.4) is 0 Å².